The molecule has 1 aromatic carbocycles. The fraction of sp³-hybridized carbons (Fsp3) is 0.286. The number of hydrogen-bond donors (Lipinski definition) is 0. The molecule has 1 fully saturated rings. The lowest BCUT2D eigenvalue weighted by Crippen LogP contribution is -2.50. The SMILES string of the molecule is O=S(=O)(c1ccc(F)cc1F)N1CCN(S(=O)(=O)c2cc(Cl)sc2Cl)CC1. The van der Waals surface area contributed by atoms with Crippen molar-refractivity contribution in [1.82, 2.24) is 8.61 Å². The number of sulfonamides is 2. The molecule has 1 aromatic heterocycles. The number of thiophene rings is 1. The van der Waals surface area contributed by atoms with Crippen molar-refractivity contribution in [2.45, 2.75) is 9.79 Å². The fourth-order valence-corrected chi connectivity index (χ4v) is 7.62. The highest BCUT2D eigenvalue weighted by Crippen LogP contribution is 2.36. The van der Waals surface area contributed by atoms with Crippen LogP contribution in [0.25, 0.3) is 0 Å². The van der Waals surface area contributed by atoms with Crippen LogP contribution < -0.4 is 0 Å². The minimum Gasteiger partial charge on any atom is -0.207 e. The smallest absolute Gasteiger partial charge is 0.207 e. The van der Waals surface area contributed by atoms with E-state index in [1.54, 1.807) is 0 Å². The summed E-state index contributed by atoms with van der Waals surface area (Å²) in [5, 5.41) is 0. The maximum Gasteiger partial charge on any atom is 0.246 e. The van der Waals surface area contributed by atoms with Crippen LogP contribution >= 0.6 is 34.5 Å². The first kappa shape index (κ1) is 20.9. The highest BCUT2D eigenvalue weighted by atomic mass is 35.5. The van der Waals surface area contributed by atoms with Gasteiger partial charge < -0.3 is 0 Å². The van der Waals surface area contributed by atoms with E-state index in [2.05, 4.69) is 0 Å². The summed E-state index contributed by atoms with van der Waals surface area (Å²) in [6.45, 7) is -0.663. The predicted molar refractivity (Wildman–Crippen MR) is 98.2 cm³/mol. The summed E-state index contributed by atoms with van der Waals surface area (Å²) in [6.07, 6.45) is 0. The number of hydrogen-bond acceptors (Lipinski definition) is 5. The van der Waals surface area contributed by atoms with E-state index < -0.39 is 36.6 Å². The molecule has 0 atom stereocenters. The molecule has 2 heterocycles. The van der Waals surface area contributed by atoms with Gasteiger partial charge in [-0.05, 0) is 18.2 Å². The summed E-state index contributed by atoms with van der Waals surface area (Å²) in [6, 6.07) is 3.41. The molecule has 0 N–H and O–H groups in total. The molecule has 1 saturated heterocycles. The zero-order valence-corrected chi connectivity index (χ0v) is 17.4. The van der Waals surface area contributed by atoms with E-state index in [0.717, 1.165) is 32.1 Å². The van der Waals surface area contributed by atoms with Crippen LogP contribution in [0.15, 0.2) is 34.1 Å². The quantitative estimate of drug-likeness (QED) is 0.679. The van der Waals surface area contributed by atoms with Crippen LogP contribution in [0.4, 0.5) is 8.78 Å². The van der Waals surface area contributed by atoms with Gasteiger partial charge in [-0.1, -0.05) is 23.2 Å². The zero-order valence-electron chi connectivity index (χ0n) is 13.4. The largest absolute Gasteiger partial charge is 0.246 e. The third kappa shape index (κ3) is 4.00. The summed E-state index contributed by atoms with van der Waals surface area (Å²) in [7, 11) is -8.16. The van der Waals surface area contributed by atoms with Crippen molar-refractivity contribution in [2.75, 3.05) is 26.2 Å². The summed E-state index contributed by atoms with van der Waals surface area (Å²) in [4.78, 5) is -0.798. The molecule has 27 heavy (non-hydrogen) atoms. The molecular formula is C14H12Cl2F2N2O4S3. The van der Waals surface area contributed by atoms with Crippen molar-refractivity contribution in [2.24, 2.45) is 0 Å². The molecule has 148 valence electrons. The molecule has 0 amide bonds. The lowest BCUT2D eigenvalue weighted by molar-refractivity contribution is 0.272. The van der Waals surface area contributed by atoms with Gasteiger partial charge in [-0.2, -0.15) is 8.61 Å². The molecule has 1 aliphatic heterocycles. The Morgan fingerprint density at radius 3 is 1.81 bits per heavy atom. The van der Waals surface area contributed by atoms with E-state index in [9.17, 15) is 25.6 Å². The van der Waals surface area contributed by atoms with Crippen LogP contribution in [-0.2, 0) is 20.0 Å². The number of rotatable bonds is 4. The molecule has 0 bridgehead atoms. The van der Waals surface area contributed by atoms with E-state index in [1.165, 1.54) is 6.07 Å². The Hall–Kier alpha value is -0.820. The second-order valence-corrected chi connectivity index (χ2v) is 11.7. The van der Waals surface area contributed by atoms with Gasteiger partial charge in [0.25, 0.3) is 0 Å². The summed E-state index contributed by atoms with van der Waals surface area (Å²) in [5.74, 6) is -2.10. The first-order chi connectivity index (χ1) is 12.5. The lowest BCUT2D eigenvalue weighted by atomic mass is 10.3. The summed E-state index contributed by atoms with van der Waals surface area (Å²) >= 11 is 12.6. The minimum absolute atomic E-state index is 0.0171. The average Bonchev–Trinajstić information content (AvgIpc) is 2.94. The van der Waals surface area contributed by atoms with Crippen LogP contribution in [0.1, 0.15) is 0 Å². The van der Waals surface area contributed by atoms with Gasteiger partial charge in [0, 0.05) is 32.2 Å². The molecular weight excluding hydrogens is 465 g/mol. The van der Waals surface area contributed by atoms with E-state index in [-0.39, 0.29) is 39.7 Å². The highest BCUT2D eigenvalue weighted by Gasteiger charge is 2.36. The summed E-state index contributed by atoms with van der Waals surface area (Å²) in [5.41, 5.74) is 0. The van der Waals surface area contributed by atoms with E-state index in [4.69, 9.17) is 23.2 Å². The van der Waals surface area contributed by atoms with Gasteiger partial charge in [0.05, 0.1) is 4.34 Å². The number of piperazine rings is 1. The average molecular weight is 477 g/mol. The molecule has 2 aromatic rings. The maximum atomic E-state index is 13.9. The Balaban J connectivity index is 1.80. The van der Waals surface area contributed by atoms with E-state index in [1.807, 2.05) is 0 Å². The molecule has 1 aliphatic rings. The number of nitrogens with zero attached hydrogens (tertiary/aromatic N) is 2. The van der Waals surface area contributed by atoms with Crippen LogP contribution in [0.2, 0.25) is 8.67 Å². The van der Waals surface area contributed by atoms with Crippen molar-refractivity contribution in [3.8, 4) is 0 Å². The standard InChI is InChI=1S/C14H12Cl2F2N2O4S3/c15-13-8-12(14(16)25-13)27(23,24)20-5-3-19(4-6-20)26(21,22)11-2-1-9(17)7-10(11)18/h1-2,7-8H,3-6H2. The van der Waals surface area contributed by atoms with Gasteiger partial charge in [0.1, 0.15) is 25.8 Å². The first-order valence-electron chi connectivity index (χ1n) is 7.43. The third-order valence-corrected chi connectivity index (χ3v) is 9.54. The lowest BCUT2D eigenvalue weighted by Gasteiger charge is -2.33. The molecule has 6 nitrogen and oxygen atoms in total. The van der Waals surface area contributed by atoms with E-state index >= 15 is 0 Å². The van der Waals surface area contributed by atoms with Crippen molar-refractivity contribution in [3.05, 3.63) is 44.6 Å². The molecule has 0 aliphatic carbocycles. The molecule has 0 radical (unpaired) electrons. The Morgan fingerprint density at radius 1 is 0.852 bits per heavy atom. The van der Waals surface area contributed by atoms with Crippen LogP contribution in [0.5, 0.6) is 0 Å². The Bertz CT molecular complexity index is 1080. The Morgan fingerprint density at radius 2 is 1.37 bits per heavy atom. The first-order valence-corrected chi connectivity index (χ1v) is 11.9. The van der Waals surface area contributed by atoms with Gasteiger partial charge in [-0.3, -0.25) is 0 Å². The van der Waals surface area contributed by atoms with Gasteiger partial charge in [-0.15, -0.1) is 11.3 Å². The van der Waals surface area contributed by atoms with Gasteiger partial charge in [0.2, 0.25) is 20.0 Å². The van der Waals surface area contributed by atoms with Crippen LogP contribution in [0, 0.1) is 11.6 Å². The van der Waals surface area contributed by atoms with Crippen molar-refractivity contribution < 1.29 is 25.6 Å². The van der Waals surface area contributed by atoms with Crippen LogP contribution in [-0.4, -0.2) is 51.6 Å². The second-order valence-electron chi connectivity index (χ2n) is 5.57. The molecule has 3 rings (SSSR count). The topological polar surface area (TPSA) is 74.8 Å². The highest BCUT2D eigenvalue weighted by molar-refractivity contribution is 7.89. The maximum absolute atomic E-state index is 13.9. The third-order valence-electron chi connectivity index (χ3n) is 3.95. The number of halogens is 4. The van der Waals surface area contributed by atoms with Gasteiger partial charge >= 0.3 is 0 Å². The zero-order chi connectivity index (χ0) is 20.0. The summed E-state index contributed by atoms with van der Waals surface area (Å²) < 4.78 is 79.6. The molecule has 0 saturated carbocycles. The van der Waals surface area contributed by atoms with Crippen molar-refractivity contribution >= 4 is 54.6 Å². The van der Waals surface area contributed by atoms with Crippen molar-refractivity contribution in [1.29, 1.82) is 0 Å². The van der Waals surface area contributed by atoms with Gasteiger partial charge in [-0.25, -0.2) is 25.6 Å². The molecule has 13 heteroatoms. The molecule has 0 unspecified atom stereocenters. The predicted octanol–water partition coefficient (Wildman–Crippen LogP) is 3.03. The van der Waals surface area contributed by atoms with Gasteiger partial charge in [0.15, 0.2) is 0 Å². The normalized spacial score (nSPS) is 17.3. The minimum atomic E-state index is -4.22. The fourth-order valence-electron chi connectivity index (χ4n) is 2.61. The van der Waals surface area contributed by atoms with E-state index in [0.29, 0.717) is 6.07 Å². The molecule has 0 spiro atoms. The van der Waals surface area contributed by atoms with Crippen molar-refractivity contribution in [3.63, 3.8) is 0 Å². The Kier molecular flexibility index (Phi) is 5.84. The second kappa shape index (κ2) is 7.54. The van der Waals surface area contributed by atoms with Crippen LogP contribution in [0.3, 0.4) is 0 Å². The Labute approximate surface area is 169 Å². The monoisotopic (exact) mass is 476 g/mol. The number of benzene rings is 1.